The lowest BCUT2D eigenvalue weighted by molar-refractivity contribution is -0.133. The lowest BCUT2D eigenvalue weighted by Gasteiger charge is -2.27. The average molecular weight is 421 g/mol. The second-order valence-electron chi connectivity index (χ2n) is 7.26. The zero-order valence-electron chi connectivity index (χ0n) is 16.7. The number of carbonyl (C=O) groups is 2. The van der Waals surface area contributed by atoms with Crippen LogP contribution in [0.4, 0.5) is 5.69 Å². The molecule has 0 spiro atoms. The van der Waals surface area contributed by atoms with Gasteiger partial charge < -0.3 is 15.1 Å². The van der Waals surface area contributed by atoms with Crippen LogP contribution in [-0.4, -0.2) is 41.3 Å². The number of pyridine rings is 1. The molecule has 1 aliphatic heterocycles. The number of benzene rings is 1. The van der Waals surface area contributed by atoms with E-state index in [0.29, 0.717) is 19.6 Å². The summed E-state index contributed by atoms with van der Waals surface area (Å²) in [5, 5.41) is 4.87. The van der Waals surface area contributed by atoms with E-state index in [9.17, 15) is 9.59 Å². The molecule has 0 saturated heterocycles. The van der Waals surface area contributed by atoms with Gasteiger partial charge in [-0.3, -0.25) is 14.6 Å². The molecule has 2 aromatic heterocycles. The number of hydrogen-bond acceptors (Lipinski definition) is 5. The van der Waals surface area contributed by atoms with E-state index >= 15 is 0 Å². The van der Waals surface area contributed by atoms with Crippen LogP contribution in [-0.2, 0) is 29.1 Å². The molecule has 0 atom stereocenters. The first kappa shape index (κ1) is 20.1. The lowest BCUT2D eigenvalue weighted by Crippen LogP contribution is -2.44. The fraction of sp³-hybridized carbons (Fsp3) is 0.261. The van der Waals surface area contributed by atoms with Gasteiger partial charge in [0.15, 0.2) is 0 Å². The van der Waals surface area contributed by atoms with E-state index in [1.54, 1.807) is 23.7 Å². The van der Waals surface area contributed by atoms with Crippen molar-refractivity contribution in [2.24, 2.45) is 0 Å². The molecule has 30 heavy (non-hydrogen) atoms. The first-order valence-electron chi connectivity index (χ1n) is 9.97. The molecule has 154 valence electrons. The van der Waals surface area contributed by atoms with Crippen molar-refractivity contribution in [2.75, 3.05) is 24.5 Å². The third kappa shape index (κ3) is 5.04. The summed E-state index contributed by atoms with van der Waals surface area (Å²) in [7, 11) is 0. The normalized spacial score (nSPS) is 12.9. The SMILES string of the molecule is O=C(CN(Cc1cccnc1)c1ccccc1)NCC(=O)N1CCc2sccc2C1. The van der Waals surface area contributed by atoms with Crippen molar-refractivity contribution in [2.45, 2.75) is 19.5 Å². The van der Waals surface area contributed by atoms with Gasteiger partial charge in [0.05, 0.1) is 13.1 Å². The third-order valence-corrected chi connectivity index (χ3v) is 6.17. The molecule has 6 nitrogen and oxygen atoms in total. The maximum atomic E-state index is 12.6. The number of thiophene rings is 1. The van der Waals surface area contributed by atoms with Gasteiger partial charge in [0.1, 0.15) is 0 Å². The minimum atomic E-state index is -0.177. The van der Waals surface area contributed by atoms with Gasteiger partial charge in [0.25, 0.3) is 0 Å². The Morgan fingerprint density at radius 1 is 1.13 bits per heavy atom. The predicted octanol–water partition coefficient (Wildman–Crippen LogP) is 2.85. The molecule has 0 radical (unpaired) electrons. The summed E-state index contributed by atoms with van der Waals surface area (Å²) in [6, 6.07) is 15.7. The van der Waals surface area contributed by atoms with Gasteiger partial charge in [0, 0.05) is 42.6 Å². The van der Waals surface area contributed by atoms with Crippen molar-refractivity contribution in [3.63, 3.8) is 0 Å². The number of carbonyl (C=O) groups excluding carboxylic acids is 2. The average Bonchev–Trinajstić information content (AvgIpc) is 3.26. The van der Waals surface area contributed by atoms with E-state index in [-0.39, 0.29) is 24.9 Å². The smallest absolute Gasteiger partial charge is 0.242 e. The zero-order valence-corrected chi connectivity index (χ0v) is 17.5. The summed E-state index contributed by atoms with van der Waals surface area (Å²) in [5.41, 5.74) is 3.19. The molecular weight excluding hydrogens is 396 g/mol. The Bertz CT molecular complexity index is 991. The Morgan fingerprint density at radius 3 is 2.80 bits per heavy atom. The number of para-hydroxylation sites is 1. The highest BCUT2D eigenvalue weighted by molar-refractivity contribution is 7.10. The second kappa shape index (κ2) is 9.54. The molecule has 0 aliphatic carbocycles. The highest BCUT2D eigenvalue weighted by Gasteiger charge is 2.22. The summed E-state index contributed by atoms with van der Waals surface area (Å²) in [6.07, 6.45) is 4.42. The van der Waals surface area contributed by atoms with Crippen LogP contribution in [0.2, 0.25) is 0 Å². The van der Waals surface area contributed by atoms with Gasteiger partial charge in [-0.15, -0.1) is 11.3 Å². The lowest BCUT2D eigenvalue weighted by atomic mass is 10.1. The molecule has 3 aromatic rings. The Hall–Kier alpha value is -3.19. The van der Waals surface area contributed by atoms with Crippen molar-refractivity contribution in [3.8, 4) is 0 Å². The monoisotopic (exact) mass is 420 g/mol. The number of nitrogens with one attached hydrogen (secondary N) is 1. The molecule has 0 unspecified atom stereocenters. The Balaban J connectivity index is 1.34. The van der Waals surface area contributed by atoms with Crippen LogP contribution in [0.25, 0.3) is 0 Å². The van der Waals surface area contributed by atoms with Gasteiger partial charge in [0.2, 0.25) is 11.8 Å². The quantitative estimate of drug-likeness (QED) is 0.638. The number of nitrogens with zero attached hydrogens (tertiary/aromatic N) is 3. The summed E-state index contributed by atoms with van der Waals surface area (Å²) in [4.78, 5) is 34.5. The van der Waals surface area contributed by atoms with Crippen LogP contribution in [0.5, 0.6) is 0 Å². The maximum absolute atomic E-state index is 12.6. The molecule has 4 rings (SSSR count). The summed E-state index contributed by atoms with van der Waals surface area (Å²) >= 11 is 1.75. The van der Waals surface area contributed by atoms with Crippen LogP contribution < -0.4 is 10.2 Å². The van der Waals surface area contributed by atoms with Gasteiger partial charge in [-0.1, -0.05) is 24.3 Å². The third-order valence-electron chi connectivity index (χ3n) is 5.15. The van der Waals surface area contributed by atoms with Crippen molar-refractivity contribution >= 4 is 28.8 Å². The number of aromatic nitrogens is 1. The molecular formula is C23H24N4O2S. The van der Waals surface area contributed by atoms with E-state index in [1.165, 1.54) is 10.4 Å². The summed E-state index contributed by atoms with van der Waals surface area (Å²) in [6.45, 7) is 2.09. The van der Waals surface area contributed by atoms with Gasteiger partial charge in [-0.2, -0.15) is 0 Å². The van der Waals surface area contributed by atoms with Crippen LogP contribution in [0, 0.1) is 0 Å². The highest BCUT2D eigenvalue weighted by Crippen LogP contribution is 2.23. The molecule has 0 bridgehead atoms. The zero-order chi connectivity index (χ0) is 20.8. The Labute approximate surface area is 180 Å². The fourth-order valence-electron chi connectivity index (χ4n) is 3.57. The second-order valence-corrected chi connectivity index (χ2v) is 8.26. The van der Waals surface area contributed by atoms with Crippen molar-refractivity contribution in [1.29, 1.82) is 0 Å². The van der Waals surface area contributed by atoms with E-state index in [0.717, 1.165) is 17.7 Å². The number of hydrogen-bond donors (Lipinski definition) is 1. The number of amides is 2. The number of rotatable bonds is 7. The van der Waals surface area contributed by atoms with E-state index < -0.39 is 0 Å². The van der Waals surface area contributed by atoms with Crippen LogP contribution in [0.3, 0.4) is 0 Å². The van der Waals surface area contributed by atoms with Crippen molar-refractivity contribution < 1.29 is 9.59 Å². The van der Waals surface area contributed by atoms with Crippen LogP contribution >= 0.6 is 11.3 Å². The van der Waals surface area contributed by atoms with Gasteiger partial charge >= 0.3 is 0 Å². The fourth-order valence-corrected chi connectivity index (χ4v) is 4.46. The van der Waals surface area contributed by atoms with E-state index in [2.05, 4.69) is 21.7 Å². The molecule has 0 saturated carbocycles. The first-order valence-corrected chi connectivity index (χ1v) is 10.9. The van der Waals surface area contributed by atoms with Gasteiger partial charge in [-0.25, -0.2) is 0 Å². The Morgan fingerprint density at radius 2 is 2.00 bits per heavy atom. The summed E-state index contributed by atoms with van der Waals surface area (Å²) in [5.74, 6) is -0.219. The maximum Gasteiger partial charge on any atom is 0.242 e. The van der Waals surface area contributed by atoms with Crippen LogP contribution in [0.1, 0.15) is 16.0 Å². The van der Waals surface area contributed by atoms with Crippen molar-refractivity contribution in [3.05, 3.63) is 82.3 Å². The predicted molar refractivity (Wildman–Crippen MR) is 118 cm³/mol. The molecule has 1 aliphatic rings. The van der Waals surface area contributed by atoms with Crippen LogP contribution in [0.15, 0.2) is 66.3 Å². The number of fused-ring (bicyclic) bond motifs is 1. The summed E-state index contributed by atoms with van der Waals surface area (Å²) < 4.78 is 0. The number of anilines is 1. The topological polar surface area (TPSA) is 65.5 Å². The largest absolute Gasteiger partial charge is 0.358 e. The van der Waals surface area contributed by atoms with E-state index in [4.69, 9.17) is 0 Å². The molecule has 3 heterocycles. The van der Waals surface area contributed by atoms with E-state index in [1.807, 2.05) is 52.3 Å². The molecule has 2 amide bonds. The molecule has 0 fully saturated rings. The Kier molecular flexibility index (Phi) is 6.39. The minimum Gasteiger partial charge on any atom is -0.358 e. The molecule has 1 N–H and O–H groups in total. The molecule has 1 aromatic carbocycles. The minimum absolute atomic E-state index is 0.0217. The first-order chi connectivity index (χ1) is 14.7. The standard InChI is InChI=1S/C23H24N4O2S/c28-22(25-14-23(29)26-11-8-21-19(16-26)9-12-30-21)17-27(20-6-2-1-3-7-20)15-18-5-4-10-24-13-18/h1-7,9-10,12-13H,8,11,14-17H2,(H,25,28). The van der Waals surface area contributed by atoms with Crippen molar-refractivity contribution in [1.82, 2.24) is 15.2 Å². The van der Waals surface area contributed by atoms with Gasteiger partial charge in [-0.05, 0) is 47.2 Å². The highest BCUT2D eigenvalue weighted by atomic mass is 32.1. The molecule has 7 heteroatoms.